The lowest BCUT2D eigenvalue weighted by molar-refractivity contribution is 0.0730. The molecule has 2 aliphatic rings. The second-order valence-electron chi connectivity index (χ2n) is 9.48. The molecule has 2 heterocycles. The maximum absolute atomic E-state index is 12.7. The van der Waals surface area contributed by atoms with E-state index in [-0.39, 0.29) is 5.91 Å². The SMILES string of the molecule is CC(C)CN1CCC(CN(C)C(=O)c2cn(CCC3CCCCC3)nn2)CC1. The molecule has 2 fully saturated rings. The summed E-state index contributed by atoms with van der Waals surface area (Å²) < 4.78 is 1.86. The van der Waals surface area contributed by atoms with E-state index < -0.39 is 0 Å². The lowest BCUT2D eigenvalue weighted by atomic mass is 9.87. The zero-order valence-electron chi connectivity index (χ0n) is 18.1. The molecule has 1 amide bonds. The van der Waals surface area contributed by atoms with Gasteiger partial charge in [0.15, 0.2) is 5.69 Å². The zero-order valence-corrected chi connectivity index (χ0v) is 18.1. The highest BCUT2D eigenvalue weighted by molar-refractivity contribution is 5.91. The van der Waals surface area contributed by atoms with Gasteiger partial charge in [0, 0.05) is 26.7 Å². The Bertz CT molecular complexity index is 600. The predicted molar refractivity (Wildman–Crippen MR) is 112 cm³/mol. The van der Waals surface area contributed by atoms with Crippen molar-refractivity contribution in [3.8, 4) is 0 Å². The number of rotatable bonds is 8. The predicted octanol–water partition coefficient (Wildman–Crippen LogP) is 3.69. The number of carbonyl (C=O) groups excluding carboxylic acids is 1. The van der Waals surface area contributed by atoms with E-state index in [0.717, 1.165) is 44.4 Å². The maximum atomic E-state index is 12.7. The van der Waals surface area contributed by atoms with E-state index in [2.05, 4.69) is 29.1 Å². The van der Waals surface area contributed by atoms with Crippen molar-refractivity contribution in [3.63, 3.8) is 0 Å². The van der Waals surface area contributed by atoms with E-state index >= 15 is 0 Å². The van der Waals surface area contributed by atoms with Gasteiger partial charge in [-0.3, -0.25) is 9.48 Å². The smallest absolute Gasteiger partial charge is 0.275 e. The molecule has 0 N–H and O–H groups in total. The van der Waals surface area contributed by atoms with Crippen molar-refractivity contribution in [1.82, 2.24) is 24.8 Å². The number of aryl methyl sites for hydroxylation is 1. The molecule has 6 heteroatoms. The number of hydrogen-bond donors (Lipinski definition) is 0. The van der Waals surface area contributed by atoms with Crippen molar-refractivity contribution < 1.29 is 4.79 Å². The summed E-state index contributed by atoms with van der Waals surface area (Å²) >= 11 is 0. The average molecular weight is 390 g/mol. The number of amides is 1. The number of nitrogens with zero attached hydrogens (tertiary/aromatic N) is 5. The van der Waals surface area contributed by atoms with Crippen LogP contribution in [0.3, 0.4) is 0 Å². The van der Waals surface area contributed by atoms with Gasteiger partial charge in [0.05, 0.1) is 6.20 Å². The van der Waals surface area contributed by atoms with Crippen LogP contribution in [0.15, 0.2) is 6.20 Å². The zero-order chi connectivity index (χ0) is 19.9. The number of piperidine rings is 1. The fourth-order valence-corrected chi connectivity index (χ4v) is 4.83. The summed E-state index contributed by atoms with van der Waals surface area (Å²) in [6.45, 7) is 9.75. The highest BCUT2D eigenvalue weighted by Crippen LogP contribution is 2.26. The first-order chi connectivity index (χ1) is 13.5. The van der Waals surface area contributed by atoms with Crippen LogP contribution in [0.4, 0.5) is 0 Å². The van der Waals surface area contributed by atoms with Crippen LogP contribution in [-0.4, -0.2) is 63.9 Å². The third-order valence-electron chi connectivity index (χ3n) is 6.46. The number of likely N-dealkylation sites (tertiary alicyclic amines) is 1. The molecule has 0 spiro atoms. The summed E-state index contributed by atoms with van der Waals surface area (Å²) in [5.41, 5.74) is 0.489. The molecule has 3 rings (SSSR count). The highest BCUT2D eigenvalue weighted by atomic mass is 16.2. The molecule has 1 aromatic rings. The molecular weight excluding hydrogens is 350 g/mol. The second kappa shape index (κ2) is 10.4. The van der Waals surface area contributed by atoms with Crippen molar-refractivity contribution in [2.24, 2.45) is 17.8 Å². The molecule has 1 aliphatic heterocycles. The maximum Gasteiger partial charge on any atom is 0.275 e. The topological polar surface area (TPSA) is 54.3 Å². The second-order valence-corrected chi connectivity index (χ2v) is 9.48. The van der Waals surface area contributed by atoms with Gasteiger partial charge in [-0.25, -0.2) is 0 Å². The van der Waals surface area contributed by atoms with Crippen LogP contribution in [-0.2, 0) is 6.54 Å². The van der Waals surface area contributed by atoms with Gasteiger partial charge in [-0.15, -0.1) is 5.10 Å². The first-order valence-electron chi connectivity index (χ1n) is 11.4. The highest BCUT2D eigenvalue weighted by Gasteiger charge is 2.24. The summed E-state index contributed by atoms with van der Waals surface area (Å²) in [6, 6.07) is 0. The average Bonchev–Trinajstić information content (AvgIpc) is 3.16. The monoisotopic (exact) mass is 389 g/mol. The molecule has 28 heavy (non-hydrogen) atoms. The lowest BCUT2D eigenvalue weighted by Gasteiger charge is -2.34. The van der Waals surface area contributed by atoms with Crippen LogP contribution in [0.2, 0.25) is 0 Å². The minimum Gasteiger partial charge on any atom is -0.340 e. The fraction of sp³-hybridized carbons (Fsp3) is 0.864. The Morgan fingerprint density at radius 1 is 1.14 bits per heavy atom. The Hall–Kier alpha value is -1.43. The Balaban J connectivity index is 1.41. The van der Waals surface area contributed by atoms with Crippen LogP contribution in [0.1, 0.15) is 75.7 Å². The van der Waals surface area contributed by atoms with Crippen molar-refractivity contribution in [2.45, 2.75) is 71.8 Å². The normalized spacial score (nSPS) is 20.0. The van der Waals surface area contributed by atoms with Crippen molar-refractivity contribution in [3.05, 3.63) is 11.9 Å². The Kier molecular flexibility index (Phi) is 7.89. The van der Waals surface area contributed by atoms with Crippen LogP contribution in [0.5, 0.6) is 0 Å². The molecule has 1 aliphatic carbocycles. The number of carbonyl (C=O) groups is 1. The molecule has 1 aromatic heterocycles. The largest absolute Gasteiger partial charge is 0.340 e. The van der Waals surface area contributed by atoms with Gasteiger partial charge < -0.3 is 9.80 Å². The molecule has 158 valence electrons. The quantitative estimate of drug-likeness (QED) is 0.680. The first-order valence-corrected chi connectivity index (χ1v) is 11.4. The molecule has 0 atom stereocenters. The van der Waals surface area contributed by atoms with E-state index in [0.29, 0.717) is 11.6 Å². The van der Waals surface area contributed by atoms with E-state index in [9.17, 15) is 4.79 Å². The Morgan fingerprint density at radius 3 is 2.54 bits per heavy atom. The van der Waals surface area contributed by atoms with E-state index in [1.54, 1.807) is 0 Å². The molecule has 0 radical (unpaired) electrons. The minimum absolute atomic E-state index is 0.00789. The molecule has 1 saturated heterocycles. The summed E-state index contributed by atoms with van der Waals surface area (Å²) in [7, 11) is 1.91. The van der Waals surface area contributed by atoms with E-state index in [4.69, 9.17) is 0 Å². The fourth-order valence-electron chi connectivity index (χ4n) is 4.83. The van der Waals surface area contributed by atoms with Crippen LogP contribution < -0.4 is 0 Å². The van der Waals surface area contributed by atoms with Gasteiger partial charge in [0.25, 0.3) is 5.91 Å². The van der Waals surface area contributed by atoms with Crippen LogP contribution in [0, 0.1) is 17.8 Å². The lowest BCUT2D eigenvalue weighted by Crippen LogP contribution is -2.40. The first kappa shape index (κ1) is 21.3. The van der Waals surface area contributed by atoms with Crippen molar-refractivity contribution >= 4 is 5.91 Å². The van der Waals surface area contributed by atoms with Gasteiger partial charge in [-0.05, 0) is 50.1 Å². The van der Waals surface area contributed by atoms with Gasteiger partial charge in [-0.2, -0.15) is 0 Å². The summed E-state index contributed by atoms with van der Waals surface area (Å²) in [4.78, 5) is 17.1. The number of hydrogen-bond acceptors (Lipinski definition) is 4. The molecule has 0 aromatic carbocycles. The van der Waals surface area contributed by atoms with Gasteiger partial charge >= 0.3 is 0 Å². The third-order valence-corrected chi connectivity index (χ3v) is 6.46. The van der Waals surface area contributed by atoms with Gasteiger partial charge in [0.1, 0.15) is 0 Å². The molecular formula is C22H39N5O. The van der Waals surface area contributed by atoms with Crippen molar-refractivity contribution in [1.29, 1.82) is 0 Å². The molecule has 1 saturated carbocycles. The summed E-state index contributed by atoms with van der Waals surface area (Å²) in [5.74, 6) is 2.15. The van der Waals surface area contributed by atoms with Crippen molar-refractivity contribution in [2.75, 3.05) is 33.2 Å². The summed E-state index contributed by atoms with van der Waals surface area (Å²) in [5, 5.41) is 8.35. The van der Waals surface area contributed by atoms with Crippen LogP contribution >= 0.6 is 0 Å². The minimum atomic E-state index is 0.00789. The Morgan fingerprint density at radius 2 is 1.86 bits per heavy atom. The Labute approximate surface area is 170 Å². The number of aromatic nitrogens is 3. The third kappa shape index (κ3) is 6.29. The van der Waals surface area contributed by atoms with E-state index in [1.807, 2.05) is 22.8 Å². The standard InChI is InChI=1S/C22H39N5O/c1-18(2)15-26-12-9-20(10-13-26)16-25(3)22(28)21-17-27(24-23-21)14-11-19-7-5-4-6-8-19/h17-20H,4-16H2,1-3H3. The molecule has 6 nitrogen and oxygen atoms in total. The van der Waals surface area contributed by atoms with Gasteiger partial charge in [0.2, 0.25) is 0 Å². The van der Waals surface area contributed by atoms with Crippen LogP contribution in [0.25, 0.3) is 0 Å². The molecule has 0 unspecified atom stereocenters. The van der Waals surface area contributed by atoms with Gasteiger partial charge in [-0.1, -0.05) is 51.2 Å². The van der Waals surface area contributed by atoms with E-state index in [1.165, 1.54) is 51.5 Å². The molecule has 0 bridgehead atoms. The summed E-state index contributed by atoms with van der Waals surface area (Å²) in [6.07, 6.45) is 12.2.